The van der Waals surface area contributed by atoms with Crippen LogP contribution in [0.3, 0.4) is 0 Å². The van der Waals surface area contributed by atoms with Gasteiger partial charge in [-0.1, -0.05) is 19.9 Å². The fourth-order valence-corrected chi connectivity index (χ4v) is 3.27. The van der Waals surface area contributed by atoms with E-state index in [1.54, 1.807) is 6.20 Å². The minimum Gasteiger partial charge on any atom is -0.365 e. The molecule has 23 heavy (non-hydrogen) atoms. The van der Waals surface area contributed by atoms with E-state index < -0.39 is 0 Å². The van der Waals surface area contributed by atoms with Gasteiger partial charge in [0.2, 0.25) is 0 Å². The van der Waals surface area contributed by atoms with Gasteiger partial charge in [0.05, 0.1) is 5.56 Å². The lowest BCUT2D eigenvalue weighted by molar-refractivity contribution is 0.659. The van der Waals surface area contributed by atoms with E-state index >= 15 is 0 Å². The van der Waals surface area contributed by atoms with E-state index in [1.165, 1.54) is 17.5 Å². The highest BCUT2D eigenvalue weighted by molar-refractivity contribution is 5.60. The van der Waals surface area contributed by atoms with Gasteiger partial charge in [0, 0.05) is 24.6 Å². The van der Waals surface area contributed by atoms with Crippen molar-refractivity contribution in [3.63, 3.8) is 0 Å². The van der Waals surface area contributed by atoms with E-state index in [4.69, 9.17) is 4.98 Å². The molecule has 1 N–H and O–H groups in total. The van der Waals surface area contributed by atoms with Crippen molar-refractivity contribution in [2.24, 2.45) is 0 Å². The van der Waals surface area contributed by atoms with E-state index in [2.05, 4.69) is 30.2 Å². The van der Waals surface area contributed by atoms with Crippen LogP contribution in [0.15, 0.2) is 24.5 Å². The van der Waals surface area contributed by atoms with Crippen molar-refractivity contribution in [2.75, 3.05) is 5.32 Å². The number of nitrogens with zero attached hydrogens (tertiary/aromatic N) is 3. The van der Waals surface area contributed by atoms with Crippen LogP contribution in [0.5, 0.6) is 0 Å². The number of pyridine rings is 2. The van der Waals surface area contributed by atoms with E-state index in [0.717, 1.165) is 41.9 Å². The number of aromatic nitrogens is 2. The largest absolute Gasteiger partial charge is 0.365 e. The number of fused-ring (bicyclic) bond motifs is 1. The van der Waals surface area contributed by atoms with Crippen LogP contribution in [0.25, 0.3) is 0 Å². The van der Waals surface area contributed by atoms with Crippen LogP contribution in [0.4, 0.5) is 5.82 Å². The zero-order valence-electron chi connectivity index (χ0n) is 13.8. The van der Waals surface area contributed by atoms with Crippen molar-refractivity contribution in [1.29, 1.82) is 5.26 Å². The average molecular weight is 306 g/mol. The smallest absolute Gasteiger partial charge is 0.144 e. The summed E-state index contributed by atoms with van der Waals surface area (Å²) in [5, 5.41) is 13.0. The first-order valence-electron chi connectivity index (χ1n) is 8.29. The van der Waals surface area contributed by atoms with E-state index in [9.17, 15) is 5.26 Å². The topological polar surface area (TPSA) is 61.6 Å². The van der Waals surface area contributed by atoms with Crippen LogP contribution in [0.2, 0.25) is 0 Å². The van der Waals surface area contributed by atoms with Crippen LogP contribution in [-0.4, -0.2) is 9.97 Å². The fraction of sp³-hybridized carbons (Fsp3) is 0.421. The Hall–Kier alpha value is -2.41. The van der Waals surface area contributed by atoms with Gasteiger partial charge in [-0.2, -0.15) is 5.26 Å². The maximum Gasteiger partial charge on any atom is 0.144 e. The molecular weight excluding hydrogens is 284 g/mol. The van der Waals surface area contributed by atoms with Gasteiger partial charge in [0.1, 0.15) is 11.9 Å². The molecule has 2 aromatic rings. The highest BCUT2D eigenvalue weighted by Crippen LogP contribution is 2.33. The molecule has 0 saturated heterocycles. The summed E-state index contributed by atoms with van der Waals surface area (Å²) in [4.78, 5) is 8.95. The second-order valence-electron chi connectivity index (χ2n) is 6.37. The molecule has 3 rings (SSSR count). The molecule has 0 fully saturated rings. The van der Waals surface area contributed by atoms with Gasteiger partial charge in [-0.3, -0.25) is 4.98 Å². The highest BCUT2D eigenvalue weighted by Gasteiger charge is 2.23. The molecular formula is C19H22N4. The predicted molar refractivity (Wildman–Crippen MR) is 91.2 cm³/mol. The number of anilines is 1. The first-order valence-corrected chi connectivity index (χ1v) is 8.29. The lowest BCUT2D eigenvalue weighted by Crippen LogP contribution is -2.15. The Kier molecular flexibility index (Phi) is 4.57. The number of rotatable bonds is 4. The Morgan fingerprint density at radius 2 is 2.04 bits per heavy atom. The maximum atomic E-state index is 9.66. The van der Waals surface area contributed by atoms with Gasteiger partial charge in [-0.15, -0.1) is 0 Å². The minimum atomic E-state index is 0.369. The van der Waals surface area contributed by atoms with Gasteiger partial charge in [-0.05, 0) is 54.4 Å². The summed E-state index contributed by atoms with van der Waals surface area (Å²) in [6, 6.07) is 6.33. The number of hydrogen-bond acceptors (Lipinski definition) is 4. The van der Waals surface area contributed by atoms with Crippen LogP contribution in [-0.2, 0) is 19.4 Å². The molecule has 0 aromatic carbocycles. The van der Waals surface area contributed by atoms with E-state index in [0.29, 0.717) is 12.5 Å². The molecule has 4 nitrogen and oxygen atoms in total. The summed E-state index contributed by atoms with van der Waals surface area (Å²) in [5.74, 6) is 1.09. The molecule has 0 unspecified atom stereocenters. The summed E-state index contributed by atoms with van der Waals surface area (Å²) >= 11 is 0. The molecule has 1 aliphatic carbocycles. The molecule has 0 aliphatic heterocycles. The molecule has 118 valence electrons. The minimum absolute atomic E-state index is 0.369. The third-order valence-electron chi connectivity index (χ3n) is 4.39. The molecule has 0 atom stereocenters. The maximum absolute atomic E-state index is 9.66. The Balaban J connectivity index is 1.98. The van der Waals surface area contributed by atoms with Crippen LogP contribution < -0.4 is 5.32 Å². The van der Waals surface area contributed by atoms with E-state index in [1.807, 2.05) is 18.3 Å². The second-order valence-corrected chi connectivity index (χ2v) is 6.37. The lowest BCUT2D eigenvalue weighted by Gasteiger charge is -2.24. The normalized spacial score (nSPS) is 13.5. The van der Waals surface area contributed by atoms with Gasteiger partial charge in [0.25, 0.3) is 0 Å². The van der Waals surface area contributed by atoms with Crippen LogP contribution in [0, 0.1) is 11.3 Å². The number of nitrogens with one attached hydrogen (secondary N) is 1. The second kappa shape index (κ2) is 6.78. The van der Waals surface area contributed by atoms with Gasteiger partial charge in [-0.25, -0.2) is 4.98 Å². The van der Waals surface area contributed by atoms with Crippen molar-refractivity contribution in [3.8, 4) is 6.07 Å². The summed E-state index contributed by atoms with van der Waals surface area (Å²) < 4.78 is 0. The van der Waals surface area contributed by atoms with Crippen molar-refractivity contribution < 1.29 is 0 Å². The number of hydrogen-bond donors (Lipinski definition) is 1. The van der Waals surface area contributed by atoms with Crippen molar-refractivity contribution in [3.05, 3.63) is 52.5 Å². The standard InChI is InChI=1S/C19H22N4/c1-13(2)18-16-8-4-3-7-15(16)17(10-20)19(23-18)22-12-14-6-5-9-21-11-14/h5-6,9,11,13H,3-4,7-8,12H2,1-2H3,(H,22,23). The van der Waals surface area contributed by atoms with Crippen LogP contribution >= 0.6 is 0 Å². The quantitative estimate of drug-likeness (QED) is 0.928. The first kappa shape index (κ1) is 15.5. The Morgan fingerprint density at radius 3 is 2.70 bits per heavy atom. The van der Waals surface area contributed by atoms with Gasteiger partial charge >= 0.3 is 0 Å². The average Bonchev–Trinajstić information content (AvgIpc) is 2.59. The summed E-state index contributed by atoms with van der Waals surface area (Å²) in [6.45, 7) is 4.98. The number of nitriles is 1. The zero-order valence-corrected chi connectivity index (χ0v) is 13.8. The van der Waals surface area contributed by atoms with Crippen LogP contribution in [0.1, 0.15) is 60.6 Å². The zero-order chi connectivity index (χ0) is 16.2. The molecule has 0 radical (unpaired) electrons. The SMILES string of the molecule is CC(C)c1nc(NCc2cccnc2)c(C#N)c2c1CCCC2. The molecule has 0 bridgehead atoms. The Bertz CT molecular complexity index is 729. The summed E-state index contributed by atoms with van der Waals surface area (Å²) in [6.07, 6.45) is 7.99. The monoisotopic (exact) mass is 306 g/mol. The summed E-state index contributed by atoms with van der Waals surface area (Å²) in [7, 11) is 0. The van der Waals surface area contributed by atoms with E-state index in [-0.39, 0.29) is 0 Å². The third kappa shape index (κ3) is 3.19. The third-order valence-corrected chi connectivity index (χ3v) is 4.39. The highest BCUT2D eigenvalue weighted by atomic mass is 15.0. The van der Waals surface area contributed by atoms with Crippen molar-refractivity contribution in [2.45, 2.75) is 52.0 Å². The van der Waals surface area contributed by atoms with Gasteiger partial charge < -0.3 is 5.32 Å². The molecule has 2 aromatic heterocycles. The molecule has 1 aliphatic rings. The molecule has 0 spiro atoms. The first-order chi connectivity index (χ1) is 11.2. The summed E-state index contributed by atoms with van der Waals surface area (Å²) in [5.41, 5.74) is 5.49. The molecule has 0 saturated carbocycles. The molecule has 4 heteroatoms. The van der Waals surface area contributed by atoms with Gasteiger partial charge in [0.15, 0.2) is 0 Å². The fourth-order valence-electron chi connectivity index (χ4n) is 3.27. The molecule has 0 amide bonds. The Morgan fingerprint density at radius 1 is 1.26 bits per heavy atom. The Labute approximate surface area is 137 Å². The lowest BCUT2D eigenvalue weighted by atomic mass is 9.85. The molecule has 2 heterocycles. The van der Waals surface area contributed by atoms with Crippen molar-refractivity contribution >= 4 is 5.82 Å². The predicted octanol–water partition coefficient (Wildman–Crippen LogP) is 3.96. The van der Waals surface area contributed by atoms with Crippen molar-refractivity contribution in [1.82, 2.24) is 9.97 Å².